The number of amidine groups is 1. The average molecular weight is 518 g/mol. The molecule has 1 aromatic heterocycles. The van der Waals surface area contributed by atoms with Gasteiger partial charge in [0.25, 0.3) is 0 Å². The molecular weight excluding hydrogens is 490 g/mol. The van der Waals surface area contributed by atoms with E-state index >= 15 is 0 Å². The molecule has 0 radical (unpaired) electrons. The van der Waals surface area contributed by atoms with E-state index in [2.05, 4.69) is 20.6 Å². The van der Waals surface area contributed by atoms with Crippen LogP contribution in [-0.2, 0) is 27.5 Å². The zero-order chi connectivity index (χ0) is 26.2. The minimum absolute atomic E-state index is 0.0696. The Hall–Kier alpha value is -4.18. The molecule has 2 atom stereocenters. The molecular formula is C27H27N5O4S. The van der Waals surface area contributed by atoms with Gasteiger partial charge in [0.2, 0.25) is 11.8 Å². The van der Waals surface area contributed by atoms with Crippen LogP contribution in [0.3, 0.4) is 0 Å². The fraction of sp³-hybridized carbons (Fsp3) is 0.222. The summed E-state index contributed by atoms with van der Waals surface area (Å²) in [7, 11) is 1.66. The lowest BCUT2D eigenvalue weighted by molar-refractivity contribution is -0.126. The number of amides is 3. The van der Waals surface area contributed by atoms with Crippen molar-refractivity contribution in [1.82, 2.24) is 15.2 Å². The Kier molecular flexibility index (Phi) is 8.52. The second kappa shape index (κ2) is 12.2. The van der Waals surface area contributed by atoms with Crippen LogP contribution < -0.4 is 10.6 Å². The molecule has 9 nitrogen and oxygen atoms in total. The Morgan fingerprint density at radius 1 is 1.08 bits per heavy atom. The van der Waals surface area contributed by atoms with Gasteiger partial charge in [-0.05, 0) is 42.3 Å². The first-order valence-corrected chi connectivity index (χ1v) is 12.6. The molecule has 1 unspecified atom stereocenters. The van der Waals surface area contributed by atoms with Crippen molar-refractivity contribution in [3.63, 3.8) is 0 Å². The zero-order valence-corrected chi connectivity index (χ0v) is 21.3. The third-order valence-electron chi connectivity index (χ3n) is 5.60. The van der Waals surface area contributed by atoms with Gasteiger partial charge in [0.05, 0.1) is 12.2 Å². The molecule has 3 amide bonds. The molecule has 0 spiro atoms. The molecule has 2 aromatic carbocycles. The van der Waals surface area contributed by atoms with Crippen LogP contribution in [0.4, 0.5) is 10.5 Å². The first-order valence-electron chi connectivity index (χ1n) is 11.7. The van der Waals surface area contributed by atoms with E-state index in [9.17, 15) is 14.4 Å². The maximum atomic E-state index is 13.2. The van der Waals surface area contributed by atoms with Crippen molar-refractivity contribution in [3.05, 3.63) is 95.8 Å². The van der Waals surface area contributed by atoms with E-state index in [1.165, 1.54) is 11.8 Å². The van der Waals surface area contributed by atoms with Gasteiger partial charge in [-0.25, -0.2) is 4.79 Å². The molecule has 1 saturated heterocycles. The largest absolute Gasteiger partial charge is 0.445 e. The lowest BCUT2D eigenvalue weighted by Gasteiger charge is -2.16. The van der Waals surface area contributed by atoms with Gasteiger partial charge in [-0.1, -0.05) is 60.3 Å². The Morgan fingerprint density at radius 3 is 2.49 bits per heavy atom. The number of aromatic nitrogens is 1. The molecule has 190 valence electrons. The smallest absolute Gasteiger partial charge is 0.408 e. The fourth-order valence-electron chi connectivity index (χ4n) is 3.64. The minimum Gasteiger partial charge on any atom is -0.445 e. The molecule has 37 heavy (non-hydrogen) atoms. The molecule has 2 heterocycles. The van der Waals surface area contributed by atoms with Crippen LogP contribution in [0.15, 0.2) is 84.0 Å². The average Bonchev–Trinajstić information content (AvgIpc) is 3.24. The van der Waals surface area contributed by atoms with E-state index in [-0.39, 0.29) is 12.5 Å². The topological polar surface area (TPSA) is 113 Å². The maximum Gasteiger partial charge on any atom is 0.408 e. The summed E-state index contributed by atoms with van der Waals surface area (Å²) in [5.41, 5.74) is 2.98. The predicted molar refractivity (Wildman–Crippen MR) is 143 cm³/mol. The van der Waals surface area contributed by atoms with E-state index in [0.29, 0.717) is 17.4 Å². The van der Waals surface area contributed by atoms with E-state index in [4.69, 9.17) is 4.74 Å². The number of ether oxygens (including phenoxy) is 1. The third kappa shape index (κ3) is 6.73. The number of rotatable bonds is 8. The Morgan fingerprint density at radius 2 is 1.81 bits per heavy atom. The maximum absolute atomic E-state index is 13.2. The van der Waals surface area contributed by atoms with Crippen LogP contribution in [0, 0.1) is 0 Å². The fourth-order valence-corrected chi connectivity index (χ4v) is 4.76. The van der Waals surface area contributed by atoms with Crippen molar-refractivity contribution in [2.24, 2.45) is 4.99 Å². The molecule has 1 fully saturated rings. The van der Waals surface area contributed by atoms with Gasteiger partial charge in [-0.2, -0.15) is 0 Å². The highest BCUT2D eigenvalue weighted by molar-refractivity contribution is 8.15. The zero-order valence-electron chi connectivity index (χ0n) is 20.5. The number of carbonyl (C=O) groups is 3. The van der Waals surface area contributed by atoms with Gasteiger partial charge >= 0.3 is 6.09 Å². The van der Waals surface area contributed by atoms with Crippen molar-refractivity contribution in [2.75, 3.05) is 12.4 Å². The summed E-state index contributed by atoms with van der Waals surface area (Å²) in [6, 6.07) is 21.1. The van der Waals surface area contributed by atoms with Gasteiger partial charge in [-0.15, -0.1) is 0 Å². The number of nitrogens with zero attached hydrogens (tertiary/aromatic N) is 3. The SMILES string of the molecule is CN=C1SC(c2ccc(NC(=O)[C@H](C)NC(=O)OCc3ccccc3)cc2)C(=O)N1Cc1ccccn1. The standard InChI is InChI=1S/C27H27N5O4S/c1-18(30-27(35)36-17-19-8-4-3-5-9-19)24(33)31-21-13-11-20(12-14-21)23-25(34)32(26(28-2)37-23)16-22-10-6-7-15-29-22/h3-15,18,23H,16-17H2,1-2H3,(H,30,35)(H,31,33)/t18-,23?/m0/s1. The highest BCUT2D eigenvalue weighted by Crippen LogP contribution is 2.40. The van der Waals surface area contributed by atoms with E-state index in [0.717, 1.165) is 16.8 Å². The predicted octanol–water partition coefficient (Wildman–Crippen LogP) is 4.14. The van der Waals surface area contributed by atoms with Crippen LogP contribution >= 0.6 is 11.8 Å². The molecule has 10 heteroatoms. The molecule has 0 aliphatic carbocycles. The number of hydrogen-bond acceptors (Lipinski definition) is 7. The van der Waals surface area contributed by atoms with Crippen LogP contribution in [0.5, 0.6) is 0 Å². The number of anilines is 1. The van der Waals surface area contributed by atoms with Gasteiger partial charge in [0.15, 0.2) is 5.17 Å². The molecule has 0 saturated carbocycles. The van der Waals surface area contributed by atoms with E-state index in [1.807, 2.05) is 48.5 Å². The minimum atomic E-state index is -0.807. The second-order valence-corrected chi connectivity index (χ2v) is 9.36. The Balaban J connectivity index is 1.31. The number of alkyl carbamates (subject to hydrolysis) is 1. The number of benzene rings is 2. The van der Waals surface area contributed by atoms with Crippen molar-refractivity contribution in [2.45, 2.75) is 31.4 Å². The van der Waals surface area contributed by atoms with Gasteiger partial charge in [0, 0.05) is 18.9 Å². The van der Waals surface area contributed by atoms with Crippen LogP contribution in [0.1, 0.15) is 29.0 Å². The van der Waals surface area contributed by atoms with Crippen molar-refractivity contribution in [3.8, 4) is 0 Å². The van der Waals surface area contributed by atoms with Crippen LogP contribution in [-0.4, -0.2) is 46.0 Å². The highest BCUT2D eigenvalue weighted by Gasteiger charge is 2.38. The van der Waals surface area contributed by atoms with Crippen LogP contribution in [0.25, 0.3) is 0 Å². The Labute approximate surface area is 219 Å². The molecule has 4 rings (SSSR count). The summed E-state index contributed by atoms with van der Waals surface area (Å²) >= 11 is 1.38. The summed E-state index contributed by atoms with van der Waals surface area (Å²) in [6.45, 7) is 2.04. The third-order valence-corrected chi connectivity index (χ3v) is 6.93. The van der Waals surface area contributed by atoms with Crippen LogP contribution in [0.2, 0.25) is 0 Å². The van der Waals surface area contributed by atoms with Gasteiger partial charge in [0.1, 0.15) is 17.9 Å². The van der Waals surface area contributed by atoms with Gasteiger partial charge < -0.3 is 15.4 Å². The molecule has 2 N–H and O–H groups in total. The van der Waals surface area contributed by atoms with Gasteiger partial charge in [-0.3, -0.25) is 24.5 Å². The first-order chi connectivity index (χ1) is 17.9. The monoisotopic (exact) mass is 517 g/mol. The lowest BCUT2D eigenvalue weighted by Crippen LogP contribution is -2.41. The molecule has 1 aliphatic heterocycles. The first kappa shape index (κ1) is 25.9. The lowest BCUT2D eigenvalue weighted by atomic mass is 10.1. The van der Waals surface area contributed by atoms with E-state index in [1.54, 1.807) is 49.3 Å². The van der Waals surface area contributed by atoms with Crippen molar-refractivity contribution < 1.29 is 19.1 Å². The molecule has 1 aliphatic rings. The van der Waals surface area contributed by atoms with Crippen molar-refractivity contribution >= 4 is 40.5 Å². The second-order valence-electron chi connectivity index (χ2n) is 8.29. The molecule has 0 bridgehead atoms. The summed E-state index contributed by atoms with van der Waals surface area (Å²) in [6.07, 6.45) is 1.02. The number of carbonyl (C=O) groups excluding carboxylic acids is 3. The quantitative estimate of drug-likeness (QED) is 0.464. The van der Waals surface area contributed by atoms with Crippen molar-refractivity contribution in [1.29, 1.82) is 0 Å². The number of pyridine rings is 1. The normalized spacial score (nSPS) is 16.9. The number of thioether (sulfide) groups is 1. The summed E-state index contributed by atoms with van der Waals surface area (Å²) < 4.78 is 5.16. The summed E-state index contributed by atoms with van der Waals surface area (Å²) in [5.74, 6) is -0.461. The highest BCUT2D eigenvalue weighted by atomic mass is 32.2. The summed E-state index contributed by atoms with van der Waals surface area (Å²) in [5, 5.41) is 5.49. The number of aliphatic imine (C=N–C) groups is 1. The molecule has 3 aromatic rings. The van der Waals surface area contributed by atoms with E-state index < -0.39 is 23.3 Å². The number of nitrogens with one attached hydrogen (secondary N) is 2. The summed E-state index contributed by atoms with van der Waals surface area (Å²) in [4.78, 5) is 48.0. The number of hydrogen-bond donors (Lipinski definition) is 2. The Bertz CT molecular complexity index is 1270.